The van der Waals surface area contributed by atoms with Crippen LogP contribution in [0.3, 0.4) is 0 Å². The summed E-state index contributed by atoms with van der Waals surface area (Å²) in [5.74, 6) is 0.0382. The largest absolute Gasteiger partial charge is 0.440 e. The average molecular weight is 304 g/mol. The normalized spacial score (nSPS) is 16.7. The van der Waals surface area contributed by atoms with E-state index in [0.717, 1.165) is 11.8 Å². The van der Waals surface area contributed by atoms with Gasteiger partial charge in [-0.1, -0.05) is 0 Å². The number of nitrogens with zero attached hydrogens (tertiary/aromatic N) is 3. The third-order valence-electron chi connectivity index (χ3n) is 2.39. The quantitative estimate of drug-likeness (QED) is 0.615. The number of fused-ring (bicyclic) bond motifs is 1. The van der Waals surface area contributed by atoms with Crippen LogP contribution < -0.4 is 0 Å². The topological polar surface area (TPSA) is 86.0 Å². The second-order valence-electron chi connectivity index (χ2n) is 3.54. The second kappa shape index (κ2) is 4.22. The van der Waals surface area contributed by atoms with E-state index in [0.29, 0.717) is 17.3 Å². The Morgan fingerprint density at radius 1 is 1.39 bits per heavy atom. The van der Waals surface area contributed by atoms with Crippen LogP contribution in [-0.2, 0) is 16.3 Å². The van der Waals surface area contributed by atoms with Crippen molar-refractivity contribution in [3.63, 3.8) is 0 Å². The molecule has 9 heteroatoms. The van der Waals surface area contributed by atoms with Gasteiger partial charge in [-0.25, -0.2) is 23.4 Å². The Kier molecular flexibility index (Phi) is 2.80. The molecule has 2 aromatic rings. The lowest BCUT2D eigenvalue weighted by atomic mass is 10.3. The predicted molar refractivity (Wildman–Crippen MR) is 63.4 cm³/mol. The van der Waals surface area contributed by atoms with E-state index in [-0.39, 0.29) is 21.0 Å². The number of aromatic nitrogens is 3. The summed E-state index contributed by atoms with van der Waals surface area (Å²) in [5, 5.41) is 0.610. The summed E-state index contributed by atoms with van der Waals surface area (Å²) in [7, 11) is -3.33. The van der Waals surface area contributed by atoms with Gasteiger partial charge in [-0.2, -0.15) is 0 Å². The molecule has 0 atom stereocenters. The lowest BCUT2D eigenvalue weighted by molar-refractivity contribution is 0.453. The van der Waals surface area contributed by atoms with Crippen molar-refractivity contribution in [2.45, 2.75) is 21.6 Å². The van der Waals surface area contributed by atoms with Gasteiger partial charge in [0.25, 0.3) is 5.22 Å². The van der Waals surface area contributed by atoms with Gasteiger partial charge >= 0.3 is 0 Å². The highest BCUT2D eigenvalue weighted by molar-refractivity contribution is 8.00. The maximum absolute atomic E-state index is 11.9. The van der Waals surface area contributed by atoms with E-state index in [1.807, 2.05) is 0 Å². The average Bonchev–Trinajstić information content (AvgIpc) is 2.87. The number of hydrogen-bond acceptors (Lipinski definition) is 7. The molecule has 3 heterocycles. The number of halogens is 1. The van der Waals surface area contributed by atoms with Crippen LogP contribution in [0, 0.1) is 0 Å². The lowest BCUT2D eigenvalue weighted by Gasteiger charge is -2.04. The second-order valence-corrected chi connectivity index (χ2v) is 6.87. The van der Waals surface area contributed by atoms with Crippen molar-refractivity contribution < 1.29 is 12.8 Å². The fraction of sp³-hybridized carbons (Fsp3) is 0.222. The highest BCUT2D eigenvalue weighted by Gasteiger charge is 2.33. The molecule has 0 saturated carbocycles. The van der Waals surface area contributed by atoms with Crippen LogP contribution in [0.15, 0.2) is 32.0 Å². The van der Waals surface area contributed by atoms with E-state index in [2.05, 4.69) is 15.0 Å². The van der Waals surface area contributed by atoms with Crippen molar-refractivity contribution in [3.8, 4) is 0 Å². The van der Waals surface area contributed by atoms with Crippen molar-refractivity contribution in [3.05, 3.63) is 23.4 Å². The van der Waals surface area contributed by atoms with Gasteiger partial charge in [0.05, 0.1) is 17.6 Å². The third kappa shape index (κ3) is 2.00. The molecular formula is C9H6ClN3O3S2. The van der Waals surface area contributed by atoms with Crippen LogP contribution in [0.2, 0.25) is 5.28 Å². The van der Waals surface area contributed by atoms with Gasteiger partial charge in [-0.05, 0) is 23.4 Å². The van der Waals surface area contributed by atoms with Crippen LogP contribution in [-0.4, -0.2) is 29.1 Å². The minimum atomic E-state index is -3.33. The molecule has 0 fully saturated rings. The molecule has 0 aliphatic carbocycles. The van der Waals surface area contributed by atoms with Crippen molar-refractivity contribution in [1.29, 1.82) is 0 Å². The molecule has 0 bridgehead atoms. The standard InChI is InChI=1S/C9H6ClN3O3S2/c10-8-12-5-1-4-18(14,15)6(5)7(13-8)17-9-11-2-3-16-9/h2-3H,1,4H2. The maximum Gasteiger partial charge on any atom is 0.262 e. The van der Waals surface area contributed by atoms with E-state index in [4.69, 9.17) is 16.0 Å². The van der Waals surface area contributed by atoms with Gasteiger partial charge in [-0.3, -0.25) is 0 Å². The molecule has 0 amide bonds. The zero-order valence-electron chi connectivity index (χ0n) is 8.83. The minimum absolute atomic E-state index is 0.0277. The lowest BCUT2D eigenvalue weighted by Crippen LogP contribution is -2.02. The van der Waals surface area contributed by atoms with Gasteiger partial charge in [0, 0.05) is 6.42 Å². The Labute approximate surface area is 112 Å². The summed E-state index contributed by atoms with van der Waals surface area (Å²) in [5.41, 5.74) is 0.462. The minimum Gasteiger partial charge on any atom is -0.440 e. The molecule has 0 unspecified atom stereocenters. The number of aryl methyl sites for hydroxylation is 1. The summed E-state index contributed by atoms with van der Waals surface area (Å²) in [4.78, 5) is 12.0. The zero-order chi connectivity index (χ0) is 12.8. The van der Waals surface area contributed by atoms with Crippen LogP contribution in [0.25, 0.3) is 0 Å². The summed E-state index contributed by atoms with van der Waals surface area (Å²) in [6.07, 6.45) is 3.23. The molecule has 0 aromatic carbocycles. The van der Waals surface area contributed by atoms with Crippen LogP contribution in [0.4, 0.5) is 0 Å². The van der Waals surface area contributed by atoms with Gasteiger partial charge in [0.1, 0.15) is 16.2 Å². The number of hydrogen-bond donors (Lipinski definition) is 0. The SMILES string of the molecule is O=S1(=O)CCc2nc(Cl)nc(Sc3ncco3)c21. The van der Waals surface area contributed by atoms with Crippen molar-refractivity contribution in [2.75, 3.05) is 5.75 Å². The third-order valence-corrected chi connectivity index (χ3v) is 5.35. The van der Waals surface area contributed by atoms with Gasteiger partial charge < -0.3 is 4.42 Å². The first-order valence-electron chi connectivity index (χ1n) is 4.93. The molecule has 94 valence electrons. The Morgan fingerprint density at radius 3 is 2.94 bits per heavy atom. The Hall–Kier alpha value is -1.12. The molecule has 3 rings (SSSR count). The monoisotopic (exact) mass is 303 g/mol. The smallest absolute Gasteiger partial charge is 0.262 e. The first kappa shape index (κ1) is 11.9. The van der Waals surface area contributed by atoms with Gasteiger partial charge in [-0.15, -0.1) is 0 Å². The molecular weight excluding hydrogens is 298 g/mol. The van der Waals surface area contributed by atoms with Gasteiger partial charge in [0.15, 0.2) is 9.84 Å². The fourth-order valence-corrected chi connectivity index (χ4v) is 4.63. The molecule has 2 aromatic heterocycles. The summed E-state index contributed by atoms with van der Waals surface area (Å²) in [6, 6.07) is 0. The predicted octanol–water partition coefficient (Wildman–Crippen LogP) is 1.60. The van der Waals surface area contributed by atoms with E-state index in [1.165, 1.54) is 12.5 Å². The fourth-order valence-electron chi connectivity index (χ4n) is 1.67. The number of oxazole rings is 1. The Balaban J connectivity index is 2.15. The first-order valence-corrected chi connectivity index (χ1v) is 7.77. The molecule has 0 N–H and O–H groups in total. The van der Waals surface area contributed by atoms with Gasteiger partial charge in [0.2, 0.25) is 5.28 Å². The molecule has 0 radical (unpaired) electrons. The molecule has 18 heavy (non-hydrogen) atoms. The van der Waals surface area contributed by atoms with E-state index >= 15 is 0 Å². The van der Waals surface area contributed by atoms with Crippen LogP contribution in [0.1, 0.15) is 5.69 Å². The molecule has 0 spiro atoms. The van der Waals surface area contributed by atoms with Crippen LogP contribution >= 0.6 is 23.4 Å². The van der Waals surface area contributed by atoms with E-state index in [1.54, 1.807) is 0 Å². The number of rotatable bonds is 2. The number of sulfone groups is 1. The Bertz CT molecular complexity index is 700. The van der Waals surface area contributed by atoms with Crippen molar-refractivity contribution >= 4 is 33.2 Å². The molecule has 0 saturated heterocycles. The van der Waals surface area contributed by atoms with E-state index < -0.39 is 9.84 Å². The first-order chi connectivity index (χ1) is 8.56. The highest BCUT2D eigenvalue weighted by atomic mass is 35.5. The van der Waals surface area contributed by atoms with Crippen molar-refractivity contribution in [2.24, 2.45) is 0 Å². The molecule has 6 nitrogen and oxygen atoms in total. The molecule has 1 aliphatic heterocycles. The van der Waals surface area contributed by atoms with Crippen LogP contribution in [0.5, 0.6) is 0 Å². The summed E-state index contributed by atoms with van der Waals surface area (Å²) < 4.78 is 28.9. The Morgan fingerprint density at radius 2 is 2.22 bits per heavy atom. The van der Waals surface area contributed by atoms with E-state index in [9.17, 15) is 8.42 Å². The van der Waals surface area contributed by atoms with Crippen molar-refractivity contribution in [1.82, 2.24) is 15.0 Å². The summed E-state index contributed by atoms with van der Waals surface area (Å²) in [6.45, 7) is 0. The highest BCUT2D eigenvalue weighted by Crippen LogP contribution is 2.36. The maximum atomic E-state index is 11.9. The zero-order valence-corrected chi connectivity index (χ0v) is 11.2. The summed E-state index contributed by atoms with van der Waals surface area (Å²) >= 11 is 6.80. The molecule has 1 aliphatic rings.